The van der Waals surface area contributed by atoms with E-state index < -0.39 is 0 Å². The molecular weight excluding hydrogens is 140 g/mol. The van der Waals surface area contributed by atoms with E-state index in [4.69, 9.17) is 0 Å². The predicted octanol–water partition coefficient (Wildman–Crippen LogP) is 0.463. The largest absolute Gasteiger partial charge is 0.346 e. The second-order valence-electron chi connectivity index (χ2n) is 2.76. The quantitative estimate of drug-likeness (QED) is 0.450. The minimum Gasteiger partial charge on any atom is -0.346 e. The van der Waals surface area contributed by atoms with E-state index in [1.54, 1.807) is 4.90 Å². The standard InChI is InChI=1S/C8H18N2O/c1-4-9-6-5-8(2)10(3)7-11/h7-9H,4-6H2,1-3H3. The average Bonchev–Trinajstić information content (AvgIpc) is 2.03. The molecule has 1 unspecified atom stereocenters. The smallest absolute Gasteiger partial charge is 0.209 e. The van der Waals surface area contributed by atoms with Gasteiger partial charge in [0, 0.05) is 13.1 Å². The molecule has 0 saturated carbocycles. The maximum absolute atomic E-state index is 10.3. The van der Waals surface area contributed by atoms with E-state index in [2.05, 4.69) is 12.2 Å². The topological polar surface area (TPSA) is 32.3 Å². The van der Waals surface area contributed by atoms with Crippen molar-refractivity contribution in [3.63, 3.8) is 0 Å². The third-order valence-electron chi connectivity index (χ3n) is 1.85. The molecule has 0 aliphatic rings. The van der Waals surface area contributed by atoms with Crippen LogP contribution in [0.15, 0.2) is 0 Å². The van der Waals surface area contributed by atoms with Crippen LogP contribution in [0.5, 0.6) is 0 Å². The second-order valence-corrected chi connectivity index (χ2v) is 2.76. The summed E-state index contributed by atoms with van der Waals surface area (Å²) in [5.41, 5.74) is 0. The number of carbonyl (C=O) groups is 1. The first-order valence-electron chi connectivity index (χ1n) is 4.10. The van der Waals surface area contributed by atoms with Gasteiger partial charge < -0.3 is 10.2 Å². The zero-order valence-electron chi connectivity index (χ0n) is 7.63. The fourth-order valence-corrected chi connectivity index (χ4v) is 0.795. The Bertz CT molecular complexity index is 106. The Morgan fingerprint density at radius 2 is 2.27 bits per heavy atom. The summed E-state index contributed by atoms with van der Waals surface area (Å²) in [6, 6.07) is 0.339. The molecule has 0 aliphatic carbocycles. The molecule has 0 fully saturated rings. The van der Waals surface area contributed by atoms with E-state index in [0.717, 1.165) is 25.9 Å². The Labute approximate surface area is 68.8 Å². The summed E-state index contributed by atoms with van der Waals surface area (Å²) in [5, 5.41) is 3.22. The van der Waals surface area contributed by atoms with Gasteiger partial charge in [0.05, 0.1) is 0 Å². The van der Waals surface area contributed by atoms with Crippen molar-refractivity contribution >= 4 is 6.41 Å². The average molecular weight is 158 g/mol. The van der Waals surface area contributed by atoms with E-state index in [0.29, 0.717) is 6.04 Å². The molecule has 0 aromatic rings. The Balaban J connectivity index is 3.35. The lowest BCUT2D eigenvalue weighted by atomic mass is 10.2. The molecule has 0 aliphatic heterocycles. The molecule has 1 amide bonds. The zero-order chi connectivity index (χ0) is 8.69. The van der Waals surface area contributed by atoms with E-state index in [9.17, 15) is 4.79 Å². The van der Waals surface area contributed by atoms with Crippen LogP contribution in [0, 0.1) is 0 Å². The van der Waals surface area contributed by atoms with Crippen molar-refractivity contribution in [2.24, 2.45) is 0 Å². The van der Waals surface area contributed by atoms with E-state index in [1.165, 1.54) is 0 Å². The summed E-state index contributed by atoms with van der Waals surface area (Å²) in [6.07, 6.45) is 1.89. The third kappa shape index (κ3) is 4.79. The Morgan fingerprint density at radius 1 is 1.64 bits per heavy atom. The lowest BCUT2D eigenvalue weighted by Gasteiger charge is -2.19. The van der Waals surface area contributed by atoms with E-state index in [1.807, 2.05) is 14.0 Å². The Kier molecular flexibility index (Phi) is 5.84. The molecule has 3 heteroatoms. The number of rotatable bonds is 6. The number of hydrogen-bond acceptors (Lipinski definition) is 2. The highest BCUT2D eigenvalue weighted by Gasteiger charge is 2.04. The molecule has 0 bridgehead atoms. The second kappa shape index (κ2) is 6.16. The van der Waals surface area contributed by atoms with Gasteiger partial charge in [-0.3, -0.25) is 4.79 Å². The van der Waals surface area contributed by atoms with Crippen LogP contribution >= 0.6 is 0 Å². The van der Waals surface area contributed by atoms with Crippen LogP contribution < -0.4 is 5.32 Å². The summed E-state index contributed by atoms with van der Waals surface area (Å²) in [7, 11) is 1.81. The summed E-state index contributed by atoms with van der Waals surface area (Å²) < 4.78 is 0. The van der Waals surface area contributed by atoms with Gasteiger partial charge in [0.15, 0.2) is 0 Å². The molecule has 1 atom stereocenters. The molecule has 0 aromatic heterocycles. The number of nitrogens with one attached hydrogen (secondary N) is 1. The van der Waals surface area contributed by atoms with Crippen LogP contribution in [0.3, 0.4) is 0 Å². The highest BCUT2D eigenvalue weighted by atomic mass is 16.1. The van der Waals surface area contributed by atoms with Crippen LogP contribution in [-0.4, -0.2) is 37.5 Å². The van der Waals surface area contributed by atoms with Crippen LogP contribution in [0.25, 0.3) is 0 Å². The summed E-state index contributed by atoms with van der Waals surface area (Å²) in [6.45, 7) is 6.10. The maximum Gasteiger partial charge on any atom is 0.209 e. The molecule has 1 N–H and O–H groups in total. The van der Waals surface area contributed by atoms with E-state index >= 15 is 0 Å². The minimum absolute atomic E-state index is 0.339. The van der Waals surface area contributed by atoms with Crippen molar-refractivity contribution in [1.29, 1.82) is 0 Å². The van der Waals surface area contributed by atoms with Gasteiger partial charge in [-0.25, -0.2) is 0 Å². The molecule has 0 aromatic carbocycles. The van der Waals surface area contributed by atoms with Gasteiger partial charge in [0.1, 0.15) is 0 Å². The number of amides is 1. The molecule has 3 nitrogen and oxygen atoms in total. The minimum atomic E-state index is 0.339. The monoisotopic (exact) mass is 158 g/mol. The first-order valence-corrected chi connectivity index (χ1v) is 4.10. The molecule has 0 rings (SSSR count). The summed E-state index contributed by atoms with van der Waals surface area (Å²) in [4.78, 5) is 12.0. The fourth-order valence-electron chi connectivity index (χ4n) is 0.795. The van der Waals surface area contributed by atoms with Crippen LogP contribution in [0.4, 0.5) is 0 Å². The van der Waals surface area contributed by atoms with E-state index in [-0.39, 0.29) is 0 Å². The number of nitrogens with zero attached hydrogens (tertiary/aromatic N) is 1. The highest BCUT2D eigenvalue weighted by Crippen LogP contribution is 1.95. The van der Waals surface area contributed by atoms with Gasteiger partial charge in [-0.2, -0.15) is 0 Å². The van der Waals surface area contributed by atoms with Gasteiger partial charge in [0.25, 0.3) is 0 Å². The normalized spacial score (nSPS) is 12.6. The van der Waals surface area contributed by atoms with Crippen molar-refractivity contribution in [1.82, 2.24) is 10.2 Å². The van der Waals surface area contributed by atoms with Crippen LogP contribution in [-0.2, 0) is 4.79 Å². The first-order chi connectivity index (χ1) is 5.22. The molecular formula is C8H18N2O. The molecule has 11 heavy (non-hydrogen) atoms. The predicted molar refractivity (Wildman–Crippen MR) is 46.4 cm³/mol. The Morgan fingerprint density at radius 3 is 2.73 bits per heavy atom. The lowest BCUT2D eigenvalue weighted by molar-refractivity contribution is -0.118. The van der Waals surface area contributed by atoms with Gasteiger partial charge in [0.2, 0.25) is 6.41 Å². The number of carbonyl (C=O) groups excluding carboxylic acids is 1. The summed E-state index contributed by atoms with van der Waals surface area (Å²) >= 11 is 0. The van der Waals surface area contributed by atoms with Gasteiger partial charge in [-0.15, -0.1) is 0 Å². The molecule has 0 heterocycles. The van der Waals surface area contributed by atoms with Gasteiger partial charge >= 0.3 is 0 Å². The van der Waals surface area contributed by atoms with Crippen LogP contribution in [0.1, 0.15) is 20.3 Å². The number of hydrogen-bond donors (Lipinski definition) is 1. The van der Waals surface area contributed by atoms with Crippen molar-refractivity contribution < 1.29 is 4.79 Å². The third-order valence-corrected chi connectivity index (χ3v) is 1.85. The van der Waals surface area contributed by atoms with Crippen molar-refractivity contribution in [2.75, 3.05) is 20.1 Å². The SMILES string of the molecule is CCNCCC(C)N(C)C=O. The zero-order valence-corrected chi connectivity index (χ0v) is 7.63. The fraction of sp³-hybridized carbons (Fsp3) is 0.875. The molecule has 0 spiro atoms. The highest BCUT2D eigenvalue weighted by molar-refractivity contribution is 5.46. The first kappa shape index (κ1) is 10.4. The van der Waals surface area contributed by atoms with Gasteiger partial charge in [-0.1, -0.05) is 6.92 Å². The molecule has 0 saturated heterocycles. The summed E-state index contributed by atoms with van der Waals surface area (Å²) in [5.74, 6) is 0. The van der Waals surface area contributed by atoms with Gasteiger partial charge in [-0.05, 0) is 26.4 Å². The van der Waals surface area contributed by atoms with Crippen molar-refractivity contribution in [2.45, 2.75) is 26.3 Å². The maximum atomic E-state index is 10.3. The molecule has 66 valence electrons. The Hall–Kier alpha value is -0.570. The van der Waals surface area contributed by atoms with Crippen molar-refractivity contribution in [3.8, 4) is 0 Å². The molecule has 0 radical (unpaired) electrons. The van der Waals surface area contributed by atoms with Crippen LogP contribution in [0.2, 0.25) is 0 Å². The lowest BCUT2D eigenvalue weighted by Crippen LogP contribution is -2.31. The van der Waals surface area contributed by atoms with Crippen molar-refractivity contribution in [3.05, 3.63) is 0 Å².